The Labute approximate surface area is 56.4 Å². The van der Waals surface area contributed by atoms with Gasteiger partial charge in [0, 0.05) is 5.92 Å². The molecule has 9 heavy (non-hydrogen) atoms. The Balaban J connectivity index is 2.31. The molecule has 0 aromatic rings. The van der Waals surface area contributed by atoms with Crippen molar-refractivity contribution in [1.29, 1.82) is 0 Å². The van der Waals surface area contributed by atoms with Gasteiger partial charge in [-0.15, -0.1) is 0 Å². The van der Waals surface area contributed by atoms with E-state index in [0.717, 1.165) is 24.5 Å². The van der Waals surface area contributed by atoms with Crippen LogP contribution >= 0.6 is 0 Å². The van der Waals surface area contributed by atoms with Crippen LogP contribution < -0.4 is 0 Å². The molecule has 1 aliphatic rings. The van der Waals surface area contributed by atoms with Crippen LogP contribution in [0.5, 0.6) is 0 Å². The highest BCUT2D eigenvalue weighted by Crippen LogP contribution is 2.44. The number of rotatable bonds is 3. The van der Waals surface area contributed by atoms with E-state index in [4.69, 9.17) is 0 Å². The van der Waals surface area contributed by atoms with Gasteiger partial charge in [-0.2, -0.15) is 0 Å². The maximum absolute atomic E-state index is 10.4. The Bertz CT molecular complexity index is 109. The summed E-state index contributed by atoms with van der Waals surface area (Å²) in [5, 5.41) is 0. The van der Waals surface area contributed by atoms with Crippen molar-refractivity contribution in [3.05, 3.63) is 0 Å². The van der Waals surface area contributed by atoms with Crippen LogP contribution in [0.15, 0.2) is 0 Å². The molecule has 0 amide bonds. The molecule has 0 saturated heterocycles. The Hall–Kier alpha value is -0.330. The van der Waals surface area contributed by atoms with Gasteiger partial charge in [-0.3, -0.25) is 0 Å². The predicted molar refractivity (Wildman–Crippen MR) is 37.1 cm³/mol. The van der Waals surface area contributed by atoms with E-state index in [2.05, 4.69) is 13.8 Å². The molecule has 0 aromatic carbocycles. The molecule has 0 bridgehead atoms. The zero-order valence-electron chi connectivity index (χ0n) is 6.13. The van der Waals surface area contributed by atoms with Crippen molar-refractivity contribution in [3.63, 3.8) is 0 Å². The Morgan fingerprint density at radius 1 is 1.78 bits per heavy atom. The summed E-state index contributed by atoms with van der Waals surface area (Å²) >= 11 is 0. The van der Waals surface area contributed by atoms with Gasteiger partial charge in [-0.05, 0) is 24.7 Å². The first-order valence-electron chi connectivity index (χ1n) is 3.74. The fourth-order valence-corrected chi connectivity index (χ4v) is 1.45. The number of carbonyl (C=O) groups excluding carboxylic acids is 1. The maximum atomic E-state index is 10.4. The number of hydrogen-bond acceptors (Lipinski definition) is 1. The van der Waals surface area contributed by atoms with Crippen LogP contribution in [0, 0.1) is 17.8 Å². The lowest BCUT2D eigenvalue weighted by molar-refractivity contribution is -0.111. The second kappa shape index (κ2) is 2.51. The minimum absolute atomic E-state index is 0.361. The molecule has 3 unspecified atom stereocenters. The maximum Gasteiger partial charge on any atom is 0.123 e. The summed E-state index contributed by atoms with van der Waals surface area (Å²) in [6.07, 6.45) is 3.42. The van der Waals surface area contributed by atoms with Crippen molar-refractivity contribution in [2.75, 3.05) is 0 Å². The zero-order chi connectivity index (χ0) is 6.85. The largest absolute Gasteiger partial charge is 0.303 e. The summed E-state index contributed by atoms with van der Waals surface area (Å²) in [6.45, 7) is 4.31. The van der Waals surface area contributed by atoms with Crippen LogP contribution in [-0.4, -0.2) is 6.29 Å². The van der Waals surface area contributed by atoms with Crippen molar-refractivity contribution in [1.82, 2.24) is 0 Å². The van der Waals surface area contributed by atoms with E-state index < -0.39 is 0 Å². The molecule has 0 aliphatic heterocycles. The standard InChI is InChI=1S/C8H14O/c1-3-7(5-9)8-4-6(8)2/h5-8H,3-4H2,1-2H3. The molecule has 52 valence electrons. The van der Waals surface area contributed by atoms with Crippen molar-refractivity contribution in [3.8, 4) is 0 Å². The van der Waals surface area contributed by atoms with Gasteiger partial charge in [0.15, 0.2) is 0 Å². The molecule has 1 saturated carbocycles. The van der Waals surface area contributed by atoms with E-state index in [9.17, 15) is 4.79 Å². The first-order chi connectivity index (χ1) is 4.29. The number of carbonyl (C=O) groups is 1. The lowest BCUT2D eigenvalue weighted by atomic mass is 10.0. The lowest BCUT2D eigenvalue weighted by Crippen LogP contribution is -2.03. The average molecular weight is 126 g/mol. The summed E-state index contributed by atoms with van der Waals surface area (Å²) in [4.78, 5) is 10.4. The van der Waals surface area contributed by atoms with E-state index in [0.29, 0.717) is 5.92 Å². The van der Waals surface area contributed by atoms with Gasteiger partial charge < -0.3 is 4.79 Å². The van der Waals surface area contributed by atoms with Crippen molar-refractivity contribution in [2.45, 2.75) is 26.7 Å². The fourth-order valence-electron chi connectivity index (χ4n) is 1.45. The highest BCUT2D eigenvalue weighted by Gasteiger charge is 2.38. The van der Waals surface area contributed by atoms with Gasteiger partial charge in [0.2, 0.25) is 0 Å². The third-order valence-electron chi connectivity index (χ3n) is 2.37. The third-order valence-corrected chi connectivity index (χ3v) is 2.37. The highest BCUT2D eigenvalue weighted by molar-refractivity contribution is 5.54. The van der Waals surface area contributed by atoms with E-state index in [1.54, 1.807) is 0 Å². The Morgan fingerprint density at radius 2 is 2.33 bits per heavy atom. The summed E-state index contributed by atoms with van der Waals surface area (Å²) in [7, 11) is 0. The summed E-state index contributed by atoms with van der Waals surface area (Å²) < 4.78 is 0. The van der Waals surface area contributed by atoms with Crippen LogP contribution in [0.2, 0.25) is 0 Å². The van der Waals surface area contributed by atoms with Crippen molar-refractivity contribution < 1.29 is 4.79 Å². The molecule has 0 spiro atoms. The minimum atomic E-state index is 0.361. The van der Waals surface area contributed by atoms with Gasteiger partial charge in [0.05, 0.1) is 0 Å². The molecule has 1 fully saturated rings. The molecule has 0 radical (unpaired) electrons. The molecule has 3 atom stereocenters. The first kappa shape index (κ1) is 6.79. The van der Waals surface area contributed by atoms with Gasteiger partial charge >= 0.3 is 0 Å². The smallest absolute Gasteiger partial charge is 0.123 e. The molecule has 1 rings (SSSR count). The van der Waals surface area contributed by atoms with Gasteiger partial charge in [0.25, 0.3) is 0 Å². The van der Waals surface area contributed by atoms with E-state index in [1.165, 1.54) is 6.42 Å². The molecule has 0 heterocycles. The van der Waals surface area contributed by atoms with Gasteiger partial charge in [0.1, 0.15) is 6.29 Å². The normalized spacial score (nSPS) is 35.8. The summed E-state index contributed by atoms with van der Waals surface area (Å²) in [6, 6.07) is 0. The Morgan fingerprint density at radius 3 is 2.44 bits per heavy atom. The average Bonchev–Trinajstić information content (AvgIpc) is 2.51. The molecule has 1 heteroatoms. The van der Waals surface area contributed by atoms with Crippen molar-refractivity contribution in [2.24, 2.45) is 17.8 Å². The lowest BCUT2D eigenvalue weighted by Gasteiger charge is -2.02. The van der Waals surface area contributed by atoms with Gasteiger partial charge in [-0.25, -0.2) is 0 Å². The molecule has 1 nitrogen and oxygen atoms in total. The molecular formula is C8H14O. The monoisotopic (exact) mass is 126 g/mol. The predicted octanol–water partition coefficient (Wildman–Crippen LogP) is 1.87. The second-order valence-corrected chi connectivity index (χ2v) is 3.09. The third kappa shape index (κ3) is 1.32. The quantitative estimate of drug-likeness (QED) is 0.527. The molecule has 0 aromatic heterocycles. The van der Waals surface area contributed by atoms with E-state index >= 15 is 0 Å². The van der Waals surface area contributed by atoms with Gasteiger partial charge in [-0.1, -0.05) is 13.8 Å². The summed E-state index contributed by atoms with van der Waals surface area (Å²) in [5.74, 6) is 1.91. The molecular weight excluding hydrogens is 112 g/mol. The minimum Gasteiger partial charge on any atom is -0.303 e. The fraction of sp³-hybridized carbons (Fsp3) is 0.875. The SMILES string of the molecule is CCC(C=O)C1CC1C. The van der Waals surface area contributed by atoms with Crippen LogP contribution in [0.3, 0.4) is 0 Å². The Kier molecular flexibility index (Phi) is 1.89. The molecule has 0 N–H and O–H groups in total. The first-order valence-corrected chi connectivity index (χ1v) is 3.74. The van der Waals surface area contributed by atoms with E-state index in [1.807, 2.05) is 0 Å². The van der Waals surface area contributed by atoms with Crippen LogP contribution in [0.25, 0.3) is 0 Å². The topological polar surface area (TPSA) is 17.1 Å². The van der Waals surface area contributed by atoms with Crippen LogP contribution in [0.1, 0.15) is 26.7 Å². The second-order valence-electron chi connectivity index (χ2n) is 3.09. The van der Waals surface area contributed by atoms with Crippen molar-refractivity contribution >= 4 is 6.29 Å². The molecule has 1 aliphatic carbocycles. The number of aldehydes is 1. The summed E-state index contributed by atoms with van der Waals surface area (Å²) in [5.41, 5.74) is 0. The van der Waals surface area contributed by atoms with E-state index in [-0.39, 0.29) is 0 Å². The van der Waals surface area contributed by atoms with Crippen LogP contribution in [-0.2, 0) is 4.79 Å². The highest BCUT2D eigenvalue weighted by atomic mass is 16.1. The van der Waals surface area contributed by atoms with Crippen LogP contribution in [0.4, 0.5) is 0 Å². The zero-order valence-corrected chi connectivity index (χ0v) is 6.13. The number of hydrogen-bond donors (Lipinski definition) is 0.